The van der Waals surface area contributed by atoms with Gasteiger partial charge in [-0.15, -0.1) is 0 Å². The van der Waals surface area contributed by atoms with Gasteiger partial charge in [0.25, 0.3) is 6.43 Å². The zero-order chi connectivity index (χ0) is 10.6. The summed E-state index contributed by atoms with van der Waals surface area (Å²) >= 11 is 0. The normalized spacial score (nSPS) is 31.5. The third kappa shape index (κ3) is 3.50. The Balaban J connectivity index is 2.40. The monoisotopic (exact) mass is 207 g/mol. The van der Waals surface area contributed by atoms with Gasteiger partial charge >= 0.3 is 0 Å². The van der Waals surface area contributed by atoms with Crippen LogP contribution in [0.2, 0.25) is 0 Å². The third-order valence-corrected chi connectivity index (χ3v) is 2.83. The summed E-state index contributed by atoms with van der Waals surface area (Å²) in [5, 5.41) is 12.5. The Bertz CT molecular complexity index is 166. The van der Waals surface area contributed by atoms with Crippen molar-refractivity contribution in [2.24, 2.45) is 0 Å². The van der Waals surface area contributed by atoms with Crippen molar-refractivity contribution in [3.05, 3.63) is 0 Å². The Morgan fingerprint density at radius 1 is 1.21 bits per heavy atom. The summed E-state index contributed by atoms with van der Waals surface area (Å²) in [6.07, 6.45) is 1.83. The molecule has 3 atom stereocenters. The SMILES string of the molecule is CC(NC1CCCCCC1O)C(F)F. The third-order valence-electron chi connectivity index (χ3n) is 2.83. The van der Waals surface area contributed by atoms with Gasteiger partial charge < -0.3 is 10.4 Å². The average molecular weight is 207 g/mol. The molecule has 1 fully saturated rings. The quantitative estimate of drug-likeness (QED) is 0.693. The van der Waals surface area contributed by atoms with Gasteiger partial charge in [0.05, 0.1) is 12.1 Å². The molecule has 1 rings (SSSR count). The van der Waals surface area contributed by atoms with Gasteiger partial charge in [-0.3, -0.25) is 0 Å². The van der Waals surface area contributed by atoms with Crippen molar-refractivity contribution >= 4 is 0 Å². The molecule has 0 amide bonds. The molecule has 14 heavy (non-hydrogen) atoms. The molecular formula is C10H19F2NO. The lowest BCUT2D eigenvalue weighted by molar-refractivity contribution is 0.0679. The lowest BCUT2D eigenvalue weighted by atomic mass is 10.1. The second-order valence-electron chi connectivity index (χ2n) is 4.10. The highest BCUT2D eigenvalue weighted by Gasteiger charge is 2.25. The van der Waals surface area contributed by atoms with Gasteiger partial charge in [0.15, 0.2) is 0 Å². The minimum atomic E-state index is -2.36. The molecule has 1 aliphatic carbocycles. The van der Waals surface area contributed by atoms with Gasteiger partial charge in [-0.25, -0.2) is 8.78 Å². The highest BCUT2D eigenvalue weighted by molar-refractivity contribution is 4.81. The van der Waals surface area contributed by atoms with Crippen molar-refractivity contribution in [3.8, 4) is 0 Å². The Hall–Kier alpha value is -0.220. The van der Waals surface area contributed by atoms with E-state index in [1.165, 1.54) is 6.92 Å². The Kier molecular flexibility index (Phi) is 4.75. The number of hydrogen-bond acceptors (Lipinski definition) is 2. The topological polar surface area (TPSA) is 32.3 Å². The van der Waals surface area contributed by atoms with E-state index in [1.807, 2.05) is 0 Å². The summed E-state index contributed by atoms with van der Waals surface area (Å²) in [6, 6.07) is -0.978. The molecule has 1 saturated carbocycles. The fourth-order valence-electron chi connectivity index (χ4n) is 1.89. The van der Waals surface area contributed by atoms with Crippen molar-refractivity contribution in [2.75, 3.05) is 0 Å². The maximum atomic E-state index is 12.3. The van der Waals surface area contributed by atoms with Crippen molar-refractivity contribution in [1.82, 2.24) is 5.32 Å². The maximum absolute atomic E-state index is 12.3. The van der Waals surface area contributed by atoms with Crippen LogP contribution in [-0.4, -0.2) is 29.7 Å². The first-order chi connectivity index (χ1) is 6.61. The van der Waals surface area contributed by atoms with E-state index < -0.39 is 18.6 Å². The number of halogens is 2. The fraction of sp³-hybridized carbons (Fsp3) is 1.00. The summed E-state index contributed by atoms with van der Waals surface area (Å²) in [7, 11) is 0. The summed E-state index contributed by atoms with van der Waals surface area (Å²) in [6.45, 7) is 1.46. The fourth-order valence-corrected chi connectivity index (χ4v) is 1.89. The minimum Gasteiger partial charge on any atom is -0.392 e. The first-order valence-electron chi connectivity index (χ1n) is 5.33. The second kappa shape index (κ2) is 5.61. The number of aliphatic hydroxyl groups is 1. The molecule has 1 aliphatic rings. The summed E-state index contributed by atoms with van der Waals surface area (Å²) in [5.74, 6) is 0. The highest BCUT2D eigenvalue weighted by atomic mass is 19.3. The second-order valence-corrected chi connectivity index (χ2v) is 4.10. The smallest absolute Gasteiger partial charge is 0.253 e. The van der Waals surface area contributed by atoms with Crippen molar-refractivity contribution < 1.29 is 13.9 Å². The van der Waals surface area contributed by atoms with Crippen LogP contribution in [-0.2, 0) is 0 Å². The molecule has 0 aromatic carbocycles. The summed E-state index contributed by atoms with van der Waals surface area (Å²) < 4.78 is 24.5. The minimum absolute atomic E-state index is 0.151. The lowest BCUT2D eigenvalue weighted by Crippen LogP contribution is -2.46. The van der Waals surface area contributed by atoms with E-state index in [9.17, 15) is 13.9 Å². The first kappa shape index (κ1) is 11.9. The molecule has 0 aliphatic heterocycles. The van der Waals surface area contributed by atoms with Gasteiger partial charge in [0.2, 0.25) is 0 Å². The number of alkyl halides is 2. The van der Waals surface area contributed by atoms with Gasteiger partial charge in [-0.05, 0) is 19.8 Å². The number of aliphatic hydroxyl groups excluding tert-OH is 1. The molecular weight excluding hydrogens is 188 g/mol. The van der Waals surface area contributed by atoms with Gasteiger partial charge in [-0.2, -0.15) is 0 Å². The van der Waals surface area contributed by atoms with Gasteiger partial charge in [-0.1, -0.05) is 19.3 Å². The average Bonchev–Trinajstić information content (AvgIpc) is 2.32. The highest BCUT2D eigenvalue weighted by Crippen LogP contribution is 2.19. The van der Waals surface area contributed by atoms with Crippen LogP contribution in [0.5, 0.6) is 0 Å². The number of nitrogens with one attached hydrogen (secondary N) is 1. The number of rotatable bonds is 3. The molecule has 0 aromatic rings. The molecule has 0 radical (unpaired) electrons. The molecule has 3 unspecified atom stereocenters. The van der Waals surface area contributed by atoms with E-state index in [2.05, 4.69) is 5.32 Å². The lowest BCUT2D eigenvalue weighted by Gasteiger charge is -2.25. The van der Waals surface area contributed by atoms with Crippen LogP contribution in [0.15, 0.2) is 0 Å². The van der Waals surface area contributed by atoms with E-state index in [1.54, 1.807) is 0 Å². The largest absolute Gasteiger partial charge is 0.392 e. The Morgan fingerprint density at radius 2 is 1.86 bits per heavy atom. The molecule has 4 heteroatoms. The van der Waals surface area contributed by atoms with Crippen molar-refractivity contribution in [2.45, 2.75) is 63.6 Å². The van der Waals surface area contributed by atoms with Crippen LogP contribution < -0.4 is 5.32 Å². The zero-order valence-electron chi connectivity index (χ0n) is 8.55. The molecule has 0 saturated heterocycles. The standard InChI is InChI=1S/C10H19F2NO/c1-7(10(11)12)13-8-5-3-2-4-6-9(8)14/h7-10,13-14H,2-6H2,1H3. The Morgan fingerprint density at radius 3 is 2.50 bits per heavy atom. The molecule has 84 valence electrons. The van der Waals surface area contributed by atoms with Crippen LogP contribution >= 0.6 is 0 Å². The van der Waals surface area contributed by atoms with Crippen LogP contribution in [0.3, 0.4) is 0 Å². The van der Waals surface area contributed by atoms with Gasteiger partial charge in [0, 0.05) is 6.04 Å². The summed E-state index contributed by atoms with van der Waals surface area (Å²) in [5.41, 5.74) is 0. The molecule has 0 heterocycles. The van der Waals surface area contributed by atoms with E-state index in [-0.39, 0.29) is 6.04 Å². The van der Waals surface area contributed by atoms with E-state index >= 15 is 0 Å². The molecule has 2 N–H and O–H groups in total. The predicted molar refractivity (Wildman–Crippen MR) is 51.5 cm³/mol. The van der Waals surface area contributed by atoms with Crippen LogP contribution in [0.1, 0.15) is 39.0 Å². The Labute approximate surface area is 83.7 Å². The first-order valence-corrected chi connectivity index (χ1v) is 5.33. The van der Waals surface area contributed by atoms with E-state index in [0.717, 1.165) is 32.1 Å². The molecule has 0 aromatic heterocycles. The predicted octanol–water partition coefficient (Wildman–Crippen LogP) is 1.92. The molecule has 0 spiro atoms. The van der Waals surface area contributed by atoms with Crippen LogP contribution in [0.4, 0.5) is 8.78 Å². The van der Waals surface area contributed by atoms with Crippen molar-refractivity contribution in [1.29, 1.82) is 0 Å². The summed E-state index contributed by atoms with van der Waals surface area (Å²) in [4.78, 5) is 0. The number of hydrogen-bond donors (Lipinski definition) is 2. The van der Waals surface area contributed by atoms with Crippen LogP contribution in [0, 0.1) is 0 Å². The van der Waals surface area contributed by atoms with E-state index in [0.29, 0.717) is 0 Å². The van der Waals surface area contributed by atoms with Crippen molar-refractivity contribution in [3.63, 3.8) is 0 Å². The van der Waals surface area contributed by atoms with E-state index in [4.69, 9.17) is 0 Å². The van der Waals surface area contributed by atoms with Gasteiger partial charge in [0.1, 0.15) is 0 Å². The maximum Gasteiger partial charge on any atom is 0.253 e. The molecule has 0 bridgehead atoms. The zero-order valence-corrected chi connectivity index (χ0v) is 8.55. The molecule has 2 nitrogen and oxygen atoms in total. The van der Waals surface area contributed by atoms with Crippen LogP contribution in [0.25, 0.3) is 0 Å².